The van der Waals surface area contributed by atoms with Gasteiger partial charge in [0.25, 0.3) is 0 Å². The fourth-order valence-corrected chi connectivity index (χ4v) is 3.03. The third-order valence-electron chi connectivity index (χ3n) is 4.88. The van der Waals surface area contributed by atoms with Gasteiger partial charge < -0.3 is 14.7 Å². The van der Waals surface area contributed by atoms with Crippen molar-refractivity contribution in [1.82, 2.24) is 4.90 Å². The number of carboxylic acid groups (broad SMARTS) is 1. The van der Waals surface area contributed by atoms with Gasteiger partial charge in [0.05, 0.1) is 12.0 Å². The SMILES string of the molecule is CCC(C)(C)C(=O)N1C[C@H]2COCC[C@@]2(C(=O)O)C1. The van der Waals surface area contributed by atoms with Crippen molar-refractivity contribution in [2.24, 2.45) is 16.7 Å². The maximum atomic E-state index is 12.5. The lowest BCUT2D eigenvalue weighted by atomic mass is 9.74. The van der Waals surface area contributed by atoms with E-state index in [1.165, 1.54) is 0 Å². The molecule has 0 radical (unpaired) electrons. The number of hydrogen-bond acceptors (Lipinski definition) is 3. The molecule has 2 heterocycles. The van der Waals surface area contributed by atoms with Crippen molar-refractivity contribution in [1.29, 1.82) is 0 Å². The number of rotatable bonds is 3. The van der Waals surface area contributed by atoms with Crippen LogP contribution in [0.5, 0.6) is 0 Å². The highest BCUT2D eigenvalue weighted by Crippen LogP contribution is 2.43. The van der Waals surface area contributed by atoms with E-state index in [0.717, 1.165) is 6.42 Å². The minimum absolute atomic E-state index is 0.0602. The Hall–Kier alpha value is -1.10. The predicted molar refractivity (Wildman–Crippen MR) is 69.6 cm³/mol. The molecule has 0 bridgehead atoms. The Morgan fingerprint density at radius 2 is 2.16 bits per heavy atom. The van der Waals surface area contributed by atoms with Crippen LogP contribution in [0.4, 0.5) is 0 Å². The third-order valence-corrected chi connectivity index (χ3v) is 4.88. The smallest absolute Gasteiger partial charge is 0.311 e. The second-order valence-electron chi connectivity index (χ2n) is 6.41. The summed E-state index contributed by atoms with van der Waals surface area (Å²) in [5, 5.41) is 9.57. The molecule has 2 aliphatic heterocycles. The van der Waals surface area contributed by atoms with E-state index < -0.39 is 16.8 Å². The molecule has 0 spiro atoms. The Labute approximate surface area is 113 Å². The van der Waals surface area contributed by atoms with Gasteiger partial charge in [0.2, 0.25) is 5.91 Å². The minimum Gasteiger partial charge on any atom is -0.481 e. The first-order valence-corrected chi connectivity index (χ1v) is 6.94. The van der Waals surface area contributed by atoms with E-state index >= 15 is 0 Å². The van der Waals surface area contributed by atoms with Crippen LogP contribution in [-0.4, -0.2) is 48.2 Å². The quantitative estimate of drug-likeness (QED) is 0.840. The van der Waals surface area contributed by atoms with Gasteiger partial charge in [0.15, 0.2) is 0 Å². The lowest BCUT2D eigenvalue weighted by Gasteiger charge is -2.34. The van der Waals surface area contributed by atoms with Crippen LogP contribution in [0.2, 0.25) is 0 Å². The molecule has 0 aromatic heterocycles. The van der Waals surface area contributed by atoms with E-state index in [4.69, 9.17) is 4.74 Å². The van der Waals surface area contributed by atoms with Gasteiger partial charge in [-0.25, -0.2) is 0 Å². The Kier molecular flexibility index (Phi) is 3.60. The van der Waals surface area contributed by atoms with Crippen LogP contribution < -0.4 is 0 Å². The first kappa shape index (κ1) is 14.3. The van der Waals surface area contributed by atoms with Gasteiger partial charge in [0.1, 0.15) is 0 Å². The predicted octanol–water partition coefficient (Wildman–Crippen LogP) is 1.37. The number of carboxylic acids is 1. The maximum Gasteiger partial charge on any atom is 0.311 e. The van der Waals surface area contributed by atoms with Crippen molar-refractivity contribution < 1.29 is 19.4 Å². The lowest BCUT2D eigenvalue weighted by molar-refractivity contribution is -0.157. The number of carbonyl (C=O) groups excluding carboxylic acids is 1. The molecule has 2 rings (SSSR count). The van der Waals surface area contributed by atoms with Crippen molar-refractivity contribution in [2.75, 3.05) is 26.3 Å². The van der Waals surface area contributed by atoms with Gasteiger partial charge in [0, 0.05) is 31.0 Å². The van der Waals surface area contributed by atoms with Gasteiger partial charge in [-0.2, -0.15) is 0 Å². The summed E-state index contributed by atoms with van der Waals surface area (Å²) in [5.74, 6) is -0.800. The summed E-state index contributed by atoms with van der Waals surface area (Å²) < 4.78 is 5.40. The zero-order chi connectivity index (χ0) is 14.3. The minimum atomic E-state index is -0.794. The normalized spacial score (nSPS) is 31.1. The monoisotopic (exact) mass is 269 g/mol. The summed E-state index contributed by atoms with van der Waals surface area (Å²) in [5.41, 5.74) is -1.22. The topological polar surface area (TPSA) is 66.8 Å². The zero-order valence-electron chi connectivity index (χ0n) is 11.9. The highest BCUT2D eigenvalue weighted by Gasteiger charge is 2.55. The molecule has 0 aromatic rings. The number of aliphatic carboxylic acids is 1. The van der Waals surface area contributed by atoms with E-state index in [9.17, 15) is 14.7 Å². The molecule has 2 saturated heterocycles. The first-order chi connectivity index (χ1) is 8.83. The average molecular weight is 269 g/mol. The first-order valence-electron chi connectivity index (χ1n) is 6.94. The Balaban J connectivity index is 2.21. The summed E-state index contributed by atoms with van der Waals surface area (Å²) in [6, 6.07) is 0. The third kappa shape index (κ3) is 2.24. The average Bonchev–Trinajstić information content (AvgIpc) is 2.78. The van der Waals surface area contributed by atoms with Gasteiger partial charge >= 0.3 is 5.97 Å². The molecule has 0 aromatic carbocycles. The van der Waals surface area contributed by atoms with Gasteiger partial charge in [-0.05, 0) is 12.8 Å². The molecule has 1 amide bonds. The van der Waals surface area contributed by atoms with E-state index in [2.05, 4.69) is 0 Å². The van der Waals surface area contributed by atoms with Crippen molar-refractivity contribution in [3.63, 3.8) is 0 Å². The molecule has 5 heteroatoms. The molecule has 2 fully saturated rings. The molecule has 0 saturated carbocycles. The summed E-state index contributed by atoms with van der Waals surface area (Å²) in [6.07, 6.45) is 1.26. The van der Waals surface area contributed by atoms with Crippen molar-refractivity contribution in [2.45, 2.75) is 33.6 Å². The molecular formula is C14H23NO4. The van der Waals surface area contributed by atoms with Crippen LogP contribution in [0, 0.1) is 16.7 Å². The molecular weight excluding hydrogens is 246 g/mol. The standard InChI is InChI=1S/C14H23NO4/c1-4-13(2,3)11(16)15-7-10-8-19-6-5-14(10,9-15)12(17)18/h10H,4-9H2,1-3H3,(H,17,18)/t10-,14+/m0/s1. The fraction of sp³-hybridized carbons (Fsp3) is 0.857. The molecule has 1 N–H and O–H groups in total. The van der Waals surface area contributed by atoms with Crippen LogP contribution in [0.3, 0.4) is 0 Å². The highest BCUT2D eigenvalue weighted by atomic mass is 16.5. The maximum absolute atomic E-state index is 12.5. The van der Waals surface area contributed by atoms with E-state index in [-0.39, 0.29) is 11.8 Å². The number of nitrogens with zero attached hydrogens (tertiary/aromatic N) is 1. The summed E-state index contributed by atoms with van der Waals surface area (Å²) in [6.45, 7) is 7.58. The number of carbonyl (C=O) groups is 2. The molecule has 0 aliphatic carbocycles. The van der Waals surface area contributed by atoms with Gasteiger partial charge in [-0.1, -0.05) is 20.8 Å². The van der Waals surface area contributed by atoms with Crippen LogP contribution in [0.15, 0.2) is 0 Å². The molecule has 108 valence electrons. The molecule has 0 unspecified atom stereocenters. The second kappa shape index (κ2) is 4.78. The second-order valence-corrected chi connectivity index (χ2v) is 6.41. The van der Waals surface area contributed by atoms with Crippen LogP contribution in [0.25, 0.3) is 0 Å². The summed E-state index contributed by atoms with van der Waals surface area (Å²) in [4.78, 5) is 25.9. The summed E-state index contributed by atoms with van der Waals surface area (Å²) in [7, 11) is 0. The molecule has 2 aliphatic rings. The van der Waals surface area contributed by atoms with E-state index in [1.54, 1.807) is 4.90 Å². The highest BCUT2D eigenvalue weighted by molar-refractivity contribution is 5.84. The van der Waals surface area contributed by atoms with Crippen molar-refractivity contribution in [3.05, 3.63) is 0 Å². The Morgan fingerprint density at radius 1 is 1.47 bits per heavy atom. The van der Waals surface area contributed by atoms with E-state index in [1.807, 2.05) is 20.8 Å². The number of amides is 1. The van der Waals surface area contributed by atoms with Gasteiger partial charge in [-0.3, -0.25) is 9.59 Å². The molecule has 5 nitrogen and oxygen atoms in total. The number of likely N-dealkylation sites (tertiary alicyclic amines) is 1. The van der Waals surface area contributed by atoms with Crippen LogP contribution in [0.1, 0.15) is 33.6 Å². The molecule has 19 heavy (non-hydrogen) atoms. The molecule has 2 atom stereocenters. The van der Waals surface area contributed by atoms with Gasteiger partial charge in [-0.15, -0.1) is 0 Å². The number of fused-ring (bicyclic) bond motifs is 1. The lowest BCUT2D eigenvalue weighted by Crippen LogP contribution is -2.45. The number of hydrogen-bond donors (Lipinski definition) is 1. The largest absolute Gasteiger partial charge is 0.481 e. The van der Waals surface area contributed by atoms with Crippen molar-refractivity contribution >= 4 is 11.9 Å². The fourth-order valence-electron chi connectivity index (χ4n) is 3.03. The number of ether oxygens (including phenoxy) is 1. The Morgan fingerprint density at radius 3 is 2.68 bits per heavy atom. The summed E-state index contributed by atoms with van der Waals surface area (Å²) >= 11 is 0. The Bertz CT molecular complexity index is 393. The van der Waals surface area contributed by atoms with E-state index in [0.29, 0.717) is 32.7 Å². The van der Waals surface area contributed by atoms with Crippen molar-refractivity contribution in [3.8, 4) is 0 Å². The zero-order valence-corrected chi connectivity index (χ0v) is 11.9. The van der Waals surface area contributed by atoms with Crippen LogP contribution >= 0.6 is 0 Å². The van der Waals surface area contributed by atoms with Crippen LogP contribution in [-0.2, 0) is 14.3 Å².